The van der Waals surface area contributed by atoms with Crippen LogP contribution >= 0.6 is 0 Å². The van der Waals surface area contributed by atoms with Gasteiger partial charge in [-0.3, -0.25) is 14.9 Å². The fourth-order valence-corrected chi connectivity index (χ4v) is 2.00. The second kappa shape index (κ2) is 7.49. The molecule has 0 radical (unpaired) electrons. The molecule has 0 bridgehead atoms. The molecule has 0 aliphatic rings. The molecule has 0 fully saturated rings. The lowest BCUT2D eigenvalue weighted by atomic mass is 10.2. The van der Waals surface area contributed by atoms with Gasteiger partial charge in [0.2, 0.25) is 5.75 Å². The van der Waals surface area contributed by atoms with Crippen LogP contribution in [0.25, 0.3) is 0 Å². The largest absolute Gasteiger partial charge is 0.477 e. The number of nitro groups is 1. The number of ether oxygens (including phenoxy) is 1. The van der Waals surface area contributed by atoms with E-state index in [1.54, 1.807) is 6.07 Å². The fraction of sp³-hybridized carbons (Fsp3) is 0.188. The van der Waals surface area contributed by atoms with Crippen LogP contribution in [0.15, 0.2) is 42.5 Å². The number of nitro benzene ring substituents is 1. The van der Waals surface area contributed by atoms with Crippen molar-refractivity contribution in [2.24, 2.45) is 0 Å². The van der Waals surface area contributed by atoms with E-state index in [4.69, 9.17) is 4.74 Å². The number of benzene rings is 2. The summed E-state index contributed by atoms with van der Waals surface area (Å²) in [4.78, 5) is 23.4. The molecule has 0 spiro atoms. The molecule has 0 saturated heterocycles. The van der Waals surface area contributed by atoms with Gasteiger partial charge in [0.25, 0.3) is 5.91 Å². The topological polar surface area (TPSA) is 72.7 Å². The van der Waals surface area contributed by atoms with Gasteiger partial charge in [0, 0.05) is 25.7 Å². The second-order valence-corrected chi connectivity index (χ2v) is 5.04. The maximum absolute atomic E-state index is 13.2. The molecule has 2 rings (SSSR count). The molecular formula is C16H14F2N2O4. The number of amides is 1. The van der Waals surface area contributed by atoms with E-state index in [1.807, 2.05) is 0 Å². The second-order valence-electron chi connectivity index (χ2n) is 5.04. The number of rotatable bonds is 6. The first-order valence-electron chi connectivity index (χ1n) is 6.92. The minimum Gasteiger partial charge on any atom is -0.477 e. The van der Waals surface area contributed by atoms with Crippen LogP contribution in [-0.2, 0) is 11.3 Å². The lowest BCUT2D eigenvalue weighted by molar-refractivity contribution is -0.385. The molecule has 0 aromatic heterocycles. The molecule has 24 heavy (non-hydrogen) atoms. The van der Waals surface area contributed by atoms with Crippen molar-refractivity contribution in [2.75, 3.05) is 13.7 Å². The standard InChI is InChI=1S/C16H14F2N2O4/c1-19(9-11-3-2-4-12(17)7-11)16(21)10-24-15-8-13(18)5-6-14(15)20(22)23/h2-8H,9-10H2,1H3. The van der Waals surface area contributed by atoms with Crippen molar-refractivity contribution in [1.29, 1.82) is 0 Å². The van der Waals surface area contributed by atoms with Gasteiger partial charge in [-0.1, -0.05) is 12.1 Å². The van der Waals surface area contributed by atoms with Crippen LogP contribution in [0, 0.1) is 21.7 Å². The number of halogens is 2. The average molecular weight is 336 g/mol. The summed E-state index contributed by atoms with van der Waals surface area (Å²) in [7, 11) is 1.48. The number of carbonyl (C=O) groups is 1. The van der Waals surface area contributed by atoms with Gasteiger partial charge in [0.1, 0.15) is 11.6 Å². The highest BCUT2D eigenvalue weighted by Gasteiger charge is 2.18. The highest BCUT2D eigenvalue weighted by Crippen LogP contribution is 2.27. The van der Waals surface area contributed by atoms with E-state index in [9.17, 15) is 23.7 Å². The van der Waals surface area contributed by atoms with E-state index in [1.165, 1.54) is 30.1 Å². The summed E-state index contributed by atoms with van der Waals surface area (Å²) in [5.41, 5.74) is 0.152. The molecule has 6 nitrogen and oxygen atoms in total. The van der Waals surface area contributed by atoms with E-state index in [-0.39, 0.29) is 12.3 Å². The zero-order valence-electron chi connectivity index (χ0n) is 12.7. The lowest BCUT2D eigenvalue weighted by Crippen LogP contribution is -2.31. The number of carbonyl (C=O) groups excluding carboxylic acids is 1. The van der Waals surface area contributed by atoms with Crippen LogP contribution in [0.3, 0.4) is 0 Å². The zero-order chi connectivity index (χ0) is 17.7. The average Bonchev–Trinajstić information content (AvgIpc) is 2.52. The molecule has 8 heteroatoms. The minimum atomic E-state index is -0.726. The molecule has 126 valence electrons. The maximum Gasteiger partial charge on any atom is 0.311 e. The van der Waals surface area contributed by atoms with Gasteiger partial charge in [0.15, 0.2) is 6.61 Å². The maximum atomic E-state index is 13.2. The molecule has 2 aromatic rings. The fourth-order valence-electron chi connectivity index (χ4n) is 2.00. The van der Waals surface area contributed by atoms with Crippen LogP contribution in [0.2, 0.25) is 0 Å². The molecule has 0 atom stereocenters. The van der Waals surface area contributed by atoms with Crippen molar-refractivity contribution in [3.05, 3.63) is 69.8 Å². The van der Waals surface area contributed by atoms with Crippen LogP contribution in [0.1, 0.15) is 5.56 Å². The van der Waals surface area contributed by atoms with Gasteiger partial charge in [-0.05, 0) is 23.8 Å². The molecule has 1 amide bonds. The Morgan fingerprint density at radius 3 is 2.58 bits per heavy atom. The molecule has 2 aromatic carbocycles. The summed E-state index contributed by atoms with van der Waals surface area (Å²) in [6, 6.07) is 8.51. The highest BCUT2D eigenvalue weighted by atomic mass is 19.1. The van der Waals surface area contributed by atoms with Gasteiger partial charge in [-0.25, -0.2) is 8.78 Å². The van der Waals surface area contributed by atoms with Crippen molar-refractivity contribution in [1.82, 2.24) is 4.90 Å². The molecule has 0 aliphatic heterocycles. The Hall–Kier alpha value is -3.03. The van der Waals surface area contributed by atoms with Crippen LogP contribution in [-0.4, -0.2) is 29.4 Å². The SMILES string of the molecule is CN(Cc1cccc(F)c1)C(=O)COc1cc(F)ccc1[N+](=O)[O-]. The summed E-state index contributed by atoms with van der Waals surface area (Å²) < 4.78 is 31.4. The Kier molecular flexibility index (Phi) is 5.41. The van der Waals surface area contributed by atoms with Crippen molar-refractivity contribution in [3.63, 3.8) is 0 Å². The van der Waals surface area contributed by atoms with Gasteiger partial charge >= 0.3 is 5.69 Å². The summed E-state index contributed by atoms with van der Waals surface area (Å²) in [5.74, 6) is -1.94. The first kappa shape index (κ1) is 17.3. The molecule has 0 heterocycles. The molecular weight excluding hydrogens is 322 g/mol. The summed E-state index contributed by atoms with van der Waals surface area (Å²) in [6.45, 7) is -0.360. The number of hydrogen-bond acceptors (Lipinski definition) is 4. The minimum absolute atomic E-state index is 0.144. The van der Waals surface area contributed by atoms with E-state index < -0.39 is 34.8 Å². The smallest absolute Gasteiger partial charge is 0.311 e. The first-order valence-corrected chi connectivity index (χ1v) is 6.92. The first-order chi connectivity index (χ1) is 11.4. The quantitative estimate of drug-likeness (QED) is 0.600. The van der Waals surface area contributed by atoms with Crippen molar-refractivity contribution in [2.45, 2.75) is 6.54 Å². The van der Waals surface area contributed by atoms with Gasteiger partial charge in [-0.15, -0.1) is 0 Å². The number of likely N-dealkylation sites (N-methyl/N-ethyl adjacent to an activating group) is 1. The third-order valence-electron chi connectivity index (χ3n) is 3.20. The van der Waals surface area contributed by atoms with Crippen LogP contribution < -0.4 is 4.74 Å². The zero-order valence-corrected chi connectivity index (χ0v) is 12.7. The predicted molar refractivity (Wildman–Crippen MR) is 81.4 cm³/mol. The molecule has 0 unspecified atom stereocenters. The number of nitrogens with zero attached hydrogens (tertiary/aromatic N) is 2. The van der Waals surface area contributed by atoms with Crippen LogP contribution in [0.4, 0.5) is 14.5 Å². The molecule has 0 aliphatic carbocycles. The normalized spacial score (nSPS) is 10.3. The Bertz CT molecular complexity index is 767. The van der Waals surface area contributed by atoms with Crippen LogP contribution in [0.5, 0.6) is 5.75 Å². The molecule has 0 saturated carbocycles. The third kappa shape index (κ3) is 4.48. The predicted octanol–water partition coefficient (Wildman–Crippen LogP) is 2.91. The summed E-state index contributed by atoms with van der Waals surface area (Å²) in [5, 5.41) is 10.9. The third-order valence-corrected chi connectivity index (χ3v) is 3.20. The van der Waals surface area contributed by atoms with Crippen molar-refractivity contribution in [3.8, 4) is 5.75 Å². The highest BCUT2D eigenvalue weighted by molar-refractivity contribution is 5.77. The number of hydrogen-bond donors (Lipinski definition) is 0. The van der Waals surface area contributed by atoms with E-state index in [0.717, 1.165) is 18.2 Å². The van der Waals surface area contributed by atoms with Crippen molar-refractivity contribution < 1.29 is 23.2 Å². The van der Waals surface area contributed by atoms with Crippen molar-refractivity contribution >= 4 is 11.6 Å². The van der Waals surface area contributed by atoms with E-state index >= 15 is 0 Å². The monoisotopic (exact) mass is 336 g/mol. The lowest BCUT2D eigenvalue weighted by Gasteiger charge is -2.17. The van der Waals surface area contributed by atoms with Gasteiger partial charge in [0.05, 0.1) is 4.92 Å². The Labute approximate surface area is 136 Å². The summed E-state index contributed by atoms with van der Waals surface area (Å²) in [6.07, 6.45) is 0. The Morgan fingerprint density at radius 2 is 1.92 bits per heavy atom. The van der Waals surface area contributed by atoms with Gasteiger partial charge in [-0.2, -0.15) is 0 Å². The van der Waals surface area contributed by atoms with Gasteiger partial charge < -0.3 is 9.64 Å². The molecule has 0 N–H and O–H groups in total. The summed E-state index contributed by atoms with van der Waals surface area (Å²) >= 11 is 0. The Morgan fingerprint density at radius 1 is 1.21 bits per heavy atom. The van der Waals surface area contributed by atoms with E-state index in [2.05, 4.69) is 0 Å². The van der Waals surface area contributed by atoms with E-state index in [0.29, 0.717) is 5.56 Å². The Balaban J connectivity index is 2.00.